The van der Waals surface area contributed by atoms with Crippen molar-refractivity contribution in [3.8, 4) is 0 Å². The molecule has 14 heavy (non-hydrogen) atoms. The Morgan fingerprint density at radius 1 is 1.21 bits per heavy atom. The van der Waals surface area contributed by atoms with Crippen molar-refractivity contribution in [2.75, 3.05) is 36.8 Å². The largest absolute Gasteiger partial charge is 0.397 e. The van der Waals surface area contributed by atoms with Crippen molar-refractivity contribution in [1.82, 2.24) is 9.29 Å². The summed E-state index contributed by atoms with van der Waals surface area (Å²) in [6, 6.07) is 3.85. The highest BCUT2D eigenvalue weighted by atomic mass is 32.1. The summed E-state index contributed by atoms with van der Waals surface area (Å²) in [7, 11) is 0. The summed E-state index contributed by atoms with van der Waals surface area (Å²) in [6.07, 6.45) is 1.70. The van der Waals surface area contributed by atoms with Crippen LogP contribution in [0, 0.1) is 0 Å². The molecule has 2 heterocycles. The summed E-state index contributed by atoms with van der Waals surface area (Å²) in [5.74, 6) is 1.00. The maximum atomic E-state index is 5.58. The van der Waals surface area contributed by atoms with E-state index in [-0.39, 0.29) is 0 Å². The van der Waals surface area contributed by atoms with E-state index in [2.05, 4.69) is 22.7 Å². The number of nitrogens with two attached hydrogens (primary N) is 1. The minimum Gasteiger partial charge on any atom is -0.397 e. The number of pyridine rings is 1. The minimum atomic E-state index is 0.710. The average molecular weight is 210 g/mol. The summed E-state index contributed by atoms with van der Waals surface area (Å²) >= 11 is 4.30. The van der Waals surface area contributed by atoms with Crippen LogP contribution in [0.4, 0.5) is 11.5 Å². The Labute approximate surface area is 89.3 Å². The van der Waals surface area contributed by atoms with E-state index in [9.17, 15) is 0 Å². The Morgan fingerprint density at radius 3 is 2.50 bits per heavy atom. The van der Waals surface area contributed by atoms with Crippen LogP contribution in [0.25, 0.3) is 0 Å². The zero-order chi connectivity index (χ0) is 9.97. The van der Waals surface area contributed by atoms with Crippen LogP contribution >= 0.6 is 12.8 Å². The standard InChI is InChI=1S/C9H14N4S/c10-8-1-2-9(11-7-8)12-3-5-13(14)6-4-12/h1-2,7,14H,3-6,10H2. The number of rotatable bonds is 1. The molecule has 0 spiro atoms. The van der Waals surface area contributed by atoms with Gasteiger partial charge in [-0.25, -0.2) is 9.29 Å². The summed E-state index contributed by atoms with van der Waals surface area (Å²) in [6.45, 7) is 3.88. The number of anilines is 2. The number of nitrogen functional groups attached to an aromatic ring is 1. The summed E-state index contributed by atoms with van der Waals surface area (Å²) in [5, 5.41) is 0. The lowest BCUT2D eigenvalue weighted by Gasteiger charge is -2.32. The molecule has 4 nitrogen and oxygen atoms in total. The van der Waals surface area contributed by atoms with Gasteiger partial charge in [-0.3, -0.25) is 0 Å². The molecule has 1 saturated heterocycles. The maximum absolute atomic E-state index is 5.58. The van der Waals surface area contributed by atoms with E-state index < -0.39 is 0 Å². The van der Waals surface area contributed by atoms with E-state index in [4.69, 9.17) is 5.73 Å². The molecule has 0 unspecified atom stereocenters. The van der Waals surface area contributed by atoms with E-state index in [0.29, 0.717) is 5.69 Å². The monoisotopic (exact) mass is 210 g/mol. The Morgan fingerprint density at radius 2 is 1.93 bits per heavy atom. The van der Waals surface area contributed by atoms with Crippen molar-refractivity contribution in [3.63, 3.8) is 0 Å². The highest BCUT2D eigenvalue weighted by Gasteiger charge is 2.15. The molecule has 76 valence electrons. The molecule has 1 aromatic rings. The fourth-order valence-corrected chi connectivity index (χ4v) is 1.69. The number of piperazine rings is 1. The first-order valence-corrected chi connectivity index (χ1v) is 5.06. The zero-order valence-corrected chi connectivity index (χ0v) is 8.82. The predicted octanol–water partition coefficient (Wildman–Crippen LogP) is 0.631. The molecule has 0 aliphatic carbocycles. The second-order valence-corrected chi connectivity index (χ2v) is 3.96. The van der Waals surface area contributed by atoms with Gasteiger partial charge in [-0.1, -0.05) is 12.8 Å². The lowest BCUT2D eigenvalue weighted by molar-refractivity contribution is 0.433. The maximum Gasteiger partial charge on any atom is 0.128 e. The second kappa shape index (κ2) is 4.06. The first-order valence-electron chi connectivity index (χ1n) is 4.66. The van der Waals surface area contributed by atoms with Crippen LogP contribution < -0.4 is 10.6 Å². The molecule has 0 radical (unpaired) electrons. The van der Waals surface area contributed by atoms with E-state index >= 15 is 0 Å². The van der Waals surface area contributed by atoms with Gasteiger partial charge in [0.05, 0.1) is 11.9 Å². The quantitative estimate of drug-likeness (QED) is 0.667. The van der Waals surface area contributed by atoms with Crippen LogP contribution in [-0.4, -0.2) is 35.5 Å². The van der Waals surface area contributed by atoms with Crippen LogP contribution in [0.2, 0.25) is 0 Å². The fraction of sp³-hybridized carbons (Fsp3) is 0.444. The van der Waals surface area contributed by atoms with Gasteiger partial charge in [0.2, 0.25) is 0 Å². The lowest BCUT2D eigenvalue weighted by Crippen LogP contribution is -2.42. The van der Waals surface area contributed by atoms with Gasteiger partial charge in [-0.05, 0) is 12.1 Å². The predicted molar refractivity (Wildman–Crippen MR) is 61.4 cm³/mol. The molecule has 2 N–H and O–H groups in total. The third-order valence-corrected chi connectivity index (χ3v) is 2.75. The zero-order valence-electron chi connectivity index (χ0n) is 7.93. The molecule has 1 fully saturated rings. The van der Waals surface area contributed by atoms with Crippen molar-refractivity contribution < 1.29 is 0 Å². The van der Waals surface area contributed by atoms with E-state index in [0.717, 1.165) is 32.0 Å². The molecule has 1 aliphatic heterocycles. The SMILES string of the molecule is Nc1ccc(N2CCN(S)CC2)nc1. The lowest BCUT2D eigenvalue weighted by atomic mass is 10.3. The third kappa shape index (κ3) is 2.10. The molecule has 0 atom stereocenters. The van der Waals surface area contributed by atoms with Crippen LogP contribution in [0.15, 0.2) is 18.3 Å². The normalized spacial score (nSPS) is 18.5. The number of hydrogen-bond acceptors (Lipinski definition) is 5. The van der Waals surface area contributed by atoms with Crippen molar-refractivity contribution in [3.05, 3.63) is 18.3 Å². The van der Waals surface area contributed by atoms with E-state index in [1.807, 2.05) is 16.4 Å². The summed E-state index contributed by atoms with van der Waals surface area (Å²) in [5.41, 5.74) is 6.29. The fourth-order valence-electron chi connectivity index (χ4n) is 1.51. The topological polar surface area (TPSA) is 45.4 Å². The Bertz CT molecular complexity index is 292. The molecule has 1 aromatic heterocycles. The van der Waals surface area contributed by atoms with Gasteiger partial charge >= 0.3 is 0 Å². The Hall–Kier alpha value is -0.940. The highest BCUT2D eigenvalue weighted by Crippen LogP contribution is 2.14. The minimum absolute atomic E-state index is 0.710. The molecular formula is C9H14N4S. The van der Waals surface area contributed by atoms with Crippen LogP contribution in [0.1, 0.15) is 0 Å². The van der Waals surface area contributed by atoms with Crippen LogP contribution in [0.5, 0.6) is 0 Å². The van der Waals surface area contributed by atoms with E-state index in [1.54, 1.807) is 6.20 Å². The first kappa shape index (κ1) is 9.61. The number of nitrogens with zero attached hydrogens (tertiary/aromatic N) is 3. The number of aromatic nitrogens is 1. The Kier molecular flexibility index (Phi) is 2.79. The van der Waals surface area contributed by atoms with Crippen molar-refractivity contribution >= 4 is 24.3 Å². The smallest absolute Gasteiger partial charge is 0.128 e. The molecule has 5 heteroatoms. The molecule has 0 aromatic carbocycles. The van der Waals surface area contributed by atoms with Gasteiger partial charge in [-0.15, -0.1) is 0 Å². The molecule has 1 aliphatic rings. The molecule has 2 rings (SSSR count). The summed E-state index contributed by atoms with van der Waals surface area (Å²) < 4.78 is 2.02. The number of hydrogen-bond donors (Lipinski definition) is 2. The third-order valence-electron chi connectivity index (χ3n) is 2.35. The summed E-state index contributed by atoms with van der Waals surface area (Å²) in [4.78, 5) is 6.53. The van der Waals surface area contributed by atoms with Gasteiger partial charge in [0.15, 0.2) is 0 Å². The van der Waals surface area contributed by atoms with Crippen molar-refractivity contribution in [1.29, 1.82) is 0 Å². The average Bonchev–Trinajstić information content (AvgIpc) is 2.21. The van der Waals surface area contributed by atoms with Crippen LogP contribution in [0.3, 0.4) is 0 Å². The van der Waals surface area contributed by atoms with Crippen molar-refractivity contribution in [2.24, 2.45) is 0 Å². The molecule has 0 amide bonds. The first-order chi connectivity index (χ1) is 6.75. The number of thiol groups is 1. The van der Waals surface area contributed by atoms with Gasteiger partial charge in [0.1, 0.15) is 5.82 Å². The van der Waals surface area contributed by atoms with Gasteiger partial charge in [-0.2, -0.15) is 0 Å². The Balaban J connectivity index is 2.05. The van der Waals surface area contributed by atoms with Gasteiger partial charge in [0.25, 0.3) is 0 Å². The van der Waals surface area contributed by atoms with Crippen LogP contribution in [-0.2, 0) is 0 Å². The highest BCUT2D eigenvalue weighted by molar-refractivity contribution is 7.77. The van der Waals surface area contributed by atoms with E-state index in [1.165, 1.54) is 0 Å². The molecule has 0 bridgehead atoms. The van der Waals surface area contributed by atoms with Gasteiger partial charge in [0, 0.05) is 26.2 Å². The molecular weight excluding hydrogens is 196 g/mol. The second-order valence-electron chi connectivity index (χ2n) is 3.39. The van der Waals surface area contributed by atoms with Crippen molar-refractivity contribution in [2.45, 2.75) is 0 Å². The molecule has 0 saturated carbocycles. The van der Waals surface area contributed by atoms with Gasteiger partial charge < -0.3 is 10.6 Å².